The third-order valence-corrected chi connectivity index (χ3v) is 5.96. The predicted octanol–water partition coefficient (Wildman–Crippen LogP) is 5.95. The van der Waals surface area contributed by atoms with Gasteiger partial charge in [0.25, 0.3) is 11.7 Å². The minimum atomic E-state index is -4.60. The maximum Gasteiger partial charge on any atom is 0.416 e. The molecule has 1 saturated heterocycles. The first-order chi connectivity index (χ1) is 16.7. The average Bonchev–Trinajstić information content (AvgIpc) is 3.38. The smallest absolute Gasteiger partial charge is 0.416 e. The number of ketones is 1. The van der Waals surface area contributed by atoms with E-state index in [4.69, 9.17) is 0 Å². The molecule has 1 unspecified atom stereocenters. The SMILES string of the molecule is O=C1C(=O)N(c2ccc(C(F)(F)F)cc2)C(c2ccccc2F)/C1=C(\O)c1c[nH]c2ccccc12. The number of nitrogens with one attached hydrogen (secondary N) is 1. The van der Waals surface area contributed by atoms with Crippen molar-refractivity contribution < 1.29 is 32.3 Å². The highest BCUT2D eigenvalue weighted by Crippen LogP contribution is 2.44. The number of hydrogen-bond acceptors (Lipinski definition) is 3. The third kappa shape index (κ3) is 3.65. The Morgan fingerprint density at radius 2 is 1.57 bits per heavy atom. The van der Waals surface area contributed by atoms with Crippen molar-refractivity contribution in [2.24, 2.45) is 0 Å². The minimum Gasteiger partial charge on any atom is -0.507 e. The molecule has 1 atom stereocenters. The van der Waals surface area contributed by atoms with Crippen LogP contribution in [0.4, 0.5) is 23.2 Å². The molecule has 0 saturated carbocycles. The van der Waals surface area contributed by atoms with Gasteiger partial charge in [-0.3, -0.25) is 14.5 Å². The molecule has 0 spiro atoms. The van der Waals surface area contributed by atoms with Crippen molar-refractivity contribution in [2.45, 2.75) is 12.2 Å². The number of aromatic nitrogens is 1. The molecule has 2 heterocycles. The number of H-pyrrole nitrogens is 1. The van der Waals surface area contributed by atoms with E-state index in [1.54, 1.807) is 24.3 Å². The number of carbonyl (C=O) groups excluding carboxylic acids is 2. The van der Waals surface area contributed by atoms with E-state index >= 15 is 0 Å². The summed E-state index contributed by atoms with van der Waals surface area (Å²) in [4.78, 5) is 30.1. The zero-order chi connectivity index (χ0) is 24.9. The zero-order valence-corrected chi connectivity index (χ0v) is 17.8. The molecule has 3 aromatic carbocycles. The molecule has 1 amide bonds. The van der Waals surface area contributed by atoms with Gasteiger partial charge in [-0.15, -0.1) is 0 Å². The summed E-state index contributed by atoms with van der Waals surface area (Å²) in [6, 6.07) is 14.6. The van der Waals surface area contributed by atoms with Gasteiger partial charge in [-0.05, 0) is 36.4 Å². The van der Waals surface area contributed by atoms with Crippen molar-refractivity contribution >= 4 is 34.0 Å². The highest BCUT2D eigenvalue weighted by molar-refractivity contribution is 6.51. The van der Waals surface area contributed by atoms with Crippen LogP contribution in [0.15, 0.2) is 84.6 Å². The molecule has 9 heteroatoms. The van der Waals surface area contributed by atoms with Crippen LogP contribution in [0, 0.1) is 5.82 Å². The fraction of sp³-hybridized carbons (Fsp3) is 0.0769. The normalized spacial score (nSPS) is 17.9. The fourth-order valence-electron chi connectivity index (χ4n) is 4.31. The van der Waals surface area contributed by atoms with Crippen LogP contribution in [0.2, 0.25) is 0 Å². The standard InChI is InChI=1S/C26H16F4N2O3/c27-19-7-3-1-6-17(19)22-21(23(33)18-13-31-20-8-4-2-5-16(18)20)24(34)25(35)32(22)15-11-9-14(10-12-15)26(28,29)30/h1-13,22,31,33H/b23-21+. The number of alkyl halides is 3. The Hall–Kier alpha value is -4.40. The van der Waals surface area contributed by atoms with Crippen LogP contribution in [0.3, 0.4) is 0 Å². The quantitative estimate of drug-likeness (QED) is 0.165. The summed E-state index contributed by atoms with van der Waals surface area (Å²) in [6.07, 6.45) is -3.14. The maximum atomic E-state index is 14.9. The van der Waals surface area contributed by atoms with Crippen LogP contribution in [0.1, 0.15) is 22.7 Å². The third-order valence-electron chi connectivity index (χ3n) is 5.96. The van der Waals surface area contributed by atoms with E-state index in [2.05, 4.69) is 4.98 Å². The highest BCUT2D eigenvalue weighted by Gasteiger charge is 2.48. The highest BCUT2D eigenvalue weighted by atomic mass is 19.4. The number of hydrogen-bond donors (Lipinski definition) is 2. The molecule has 1 aliphatic rings. The van der Waals surface area contributed by atoms with E-state index in [0.717, 1.165) is 35.2 Å². The molecule has 0 bridgehead atoms. The van der Waals surface area contributed by atoms with E-state index in [-0.39, 0.29) is 22.4 Å². The molecule has 5 nitrogen and oxygen atoms in total. The van der Waals surface area contributed by atoms with E-state index in [0.29, 0.717) is 10.9 Å². The summed E-state index contributed by atoms with van der Waals surface area (Å²) < 4.78 is 54.1. The Labute approximate surface area is 195 Å². The summed E-state index contributed by atoms with van der Waals surface area (Å²) in [6.45, 7) is 0. The lowest BCUT2D eigenvalue weighted by Crippen LogP contribution is -2.30. The van der Waals surface area contributed by atoms with Crippen LogP contribution in [-0.4, -0.2) is 21.8 Å². The first kappa shape index (κ1) is 22.4. The van der Waals surface area contributed by atoms with Gasteiger partial charge in [-0.25, -0.2) is 4.39 Å². The Kier molecular flexibility index (Phi) is 5.20. The lowest BCUT2D eigenvalue weighted by molar-refractivity contribution is -0.137. The molecule has 0 radical (unpaired) electrons. The van der Waals surface area contributed by atoms with E-state index < -0.39 is 41.0 Å². The summed E-state index contributed by atoms with van der Waals surface area (Å²) in [5.41, 5.74) is -0.566. The molecule has 1 fully saturated rings. The number of amides is 1. The van der Waals surface area contributed by atoms with Gasteiger partial charge in [0.1, 0.15) is 11.6 Å². The van der Waals surface area contributed by atoms with Crippen LogP contribution < -0.4 is 4.90 Å². The average molecular weight is 480 g/mol. The molecule has 1 aliphatic heterocycles. The summed E-state index contributed by atoms with van der Waals surface area (Å²) in [5, 5.41) is 11.8. The van der Waals surface area contributed by atoms with Crippen molar-refractivity contribution in [3.05, 3.63) is 107 Å². The molecular weight excluding hydrogens is 464 g/mol. The molecule has 0 aliphatic carbocycles. The minimum absolute atomic E-state index is 0.0497. The van der Waals surface area contributed by atoms with E-state index in [1.807, 2.05) is 0 Å². The Morgan fingerprint density at radius 3 is 2.26 bits per heavy atom. The molecule has 1 aromatic heterocycles. The Bertz CT molecular complexity index is 1500. The largest absolute Gasteiger partial charge is 0.507 e. The van der Waals surface area contributed by atoms with Gasteiger partial charge >= 0.3 is 6.18 Å². The lowest BCUT2D eigenvalue weighted by atomic mass is 9.94. The topological polar surface area (TPSA) is 73.4 Å². The van der Waals surface area contributed by atoms with E-state index in [1.165, 1.54) is 24.4 Å². The molecule has 4 aromatic rings. The van der Waals surface area contributed by atoms with Crippen molar-refractivity contribution in [1.82, 2.24) is 4.98 Å². The van der Waals surface area contributed by atoms with Crippen molar-refractivity contribution in [3.63, 3.8) is 0 Å². The number of aromatic amines is 1. The summed E-state index contributed by atoms with van der Waals surface area (Å²) in [7, 11) is 0. The van der Waals surface area contributed by atoms with Gasteiger partial charge < -0.3 is 10.1 Å². The fourth-order valence-corrected chi connectivity index (χ4v) is 4.31. The molecule has 2 N–H and O–H groups in total. The monoisotopic (exact) mass is 480 g/mol. The number of halogens is 4. The van der Waals surface area contributed by atoms with Crippen LogP contribution in [0.25, 0.3) is 16.7 Å². The number of rotatable bonds is 3. The number of para-hydroxylation sites is 1. The van der Waals surface area contributed by atoms with Crippen LogP contribution >= 0.6 is 0 Å². The zero-order valence-electron chi connectivity index (χ0n) is 17.8. The second kappa shape index (κ2) is 8.12. The van der Waals surface area contributed by atoms with Crippen molar-refractivity contribution in [3.8, 4) is 0 Å². The van der Waals surface area contributed by atoms with Crippen LogP contribution in [-0.2, 0) is 15.8 Å². The number of fused-ring (bicyclic) bond motifs is 1. The van der Waals surface area contributed by atoms with Gasteiger partial charge in [0.05, 0.1) is 17.2 Å². The predicted molar refractivity (Wildman–Crippen MR) is 121 cm³/mol. The van der Waals surface area contributed by atoms with Crippen molar-refractivity contribution in [1.29, 1.82) is 0 Å². The van der Waals surface area contributed by atoms with Crippen LogP contribution in [0.5, 0.6) is 0 Å². The maximum absolute atomic E-state index is 14.9. The first-order valence-corrected chi connectivity index (χ1v) is 10.5. The van der Waals surface area contributed by atoms with Gasteiger partial charge in [0, 0.05) is 33.9 Å². The van der Waals surface area contributed by atoms with Gasteiger partial charge in [0.2, 0.25) is 0 Å². The molecule has 5 rings (SSSR count). The number of aliphatic hydroxyl groups excluding tert-OH is 1. The number of benzene rings is 3. The number of carbonyl (C=O) groups is 2. The number of aliphatic hydroxyl groups is 1. The number of nitrogens with zero attached hydrogens (tertiary/aromatic N) is 1. The Balaban J connectivity index is 1.73. The second-order valence-corrected chi connectivity index (χ2v) is 7.98. The second-order valence-electron chi connectivity index (χ2n) is 7.98. The van der Waals surface area contributed by atoms with Gasteiger partial charge in [0.15, 0.2) is 0 Å². The molecular formula is C26H16F4N2O3. The summed E-state index contributed by atoms with van der Waals surface area (Å²) >= 11 is 0. The first-order valence-electron chi connectivity index (χ1n) is 10.5. The van der Waals surface area contributed by atoms with E-state index in [9.17, 15) is 32.3 Å². The van der Waals surface area contributed by atoms with Gasteiger partial charge in [-0.2, -0.15) is 13.2 Å². The number of anilines is 1. The summed E-state index contributed by atoms with van der Waals surface area (Å²) in [5.74, 6) is -3.45. The molecule has 176 valence electrons. The molecule has 35 heavy (non-hydrogen) atoms. The Morgan fingerprint density at radius 1 is 0.914 bits per heavy atom. The van der Waals surface area contributed by atoms with Gasteiger partial charge in [-0.1, -0.05) is 36.4 Å². The van der Waals surface area contributed by atoms with Crippen molar-refractivity contribution in [2.75, 3.05) is 4.90 Å². The lowest BCUT2D eigenvalue weighted by Gasteiger charge is -2.26. The number of Topliss-reactive ketones (excluding diaryl/α,β-unsaturated/α-hetero) is 1.